The van der Waals surface area contributed by atoms with Gasteiger partial charge in [0.05, 0.1) is 12.6 Å². The van der Waals surface area contributed by atoms with Gasteiger partial charge in [0, 0.05) is 26.2 Å². The van der Waals surface area contributed by atoms with Crippen molar-refractivity contribution in [1.82, 2.24) is 19.9 Å². The first-order valence-electron chi connectivity index (χ1n) is 9.76. The molecule has 0 bridgehead atoms. The summed E-state index contributed by atoms with van der Waals surface area (Å²) in [5.41, 5.74) is 1.11. The van der Waals surface area contributed by atoms with Crippen LogP contribution < -0.4 is 4.74 Å². The molecule has 0 saturated carbocycles. The summed E-state index contributed by atoms with van der Waals surface area (Å²) in [5, 5.41) is 23.6. The molecule has 2 heterocycles. The highest BCUT2D eigenvalue weighted by atomic mass is 16.5. The Morgan fingerprint density at radius 1 is 1.32 bits per heavy atom. The van der Waals surface area contributed by atoms with Crippen LogP contribution in [0.25, 0.3) is 0 Å². The monoisotopic (exact) mass is 390 g/mol. The Morgan fingerprint density at radius 3 is 2.82 bits per heavy atom. The Bertz CT molecular complexity index is 731. The van der Waals surface area contributed by atoms with Crippen molar-refractivity contribution in [3.8, 4) is 5.75 Å². The summed E-state index contributed by atoms with van der Waals surface area (Å²) < 4.78 is 10.9. The Kier molecular flexibility index (Phi) is 7.38. The number of ether oxygens (including phenoxy) is 1. The third-order valence-electron chi connectivity index (χ3n) is 4.79. The molecule has 154 valence electrons. The SMILES string of the molecule is Cc1noc(CN(C)Cc2cccc(OCC(O)CN3CCC(O)CC3)c2)n1. The first-order valence-corrected chi connectivity index (χ1v) is 9.76. The molecule has 1 unspecified atom stereocenters. The molecule has 2 N–H and O–H groups in total. The number of aryl methyl sites for hydroxylation is 1. The van der Waals surface area contributed by atoms with Gasteiger partial charge in [0.1, 0.15) is 18.5 Å². The Hall–Kier alpha value is -2.00. The molecule has 2 aromatic rings. The van der Waals surface area contributed by atoms with E-state index in [0.29, 0.717) is 24.8 Å². The van der Waals surface area contributed by atoms with Crippen LogP contribution in [0.3, 0.4) is 0 Å². The van der Waals surface area contributed by atoms with Gasteiger partial charge < -0.3 is 24.4 Å². The van der Waals surface area contributed by atoms with E-state index in [9.17, 15) is 10.2 Å². The van der Waals surface area contributed by atoms with Crippen LogP contribution >= 0.6 is 0 Å². The summed E-state index contributed by atoms with van der Waals surface area (Å²) in [6, 6.07) is 7.88. The van der Waals surface area contributed by atoms with Crippen LogP contribution in [-0.4, -0.2) is 75.7 Å². The largest absolute Gasteiger partial charge is 0.491 e. The van der Waals surface area contributed by atoms with E-state index in [1.165, 1.54) is 0 Å². The molecule has 1 aliphatic heterocycles. The quantitative estimate of drug-likeness (QED) is 0.660. The number of rotatable bonds is 9. The van der Waals surface area contributed by atoms with E-state index in [2.05, 4.69) is 19.9 Å². The average Bonchev–Trinajstić information content (AvgIpc) is 3.07. The smallest absolute Gasteiger partial charge is 0.240 e. The number of β-amino-alcohol motifs (C(OH)–C–C–N with tert-alkyl or cyclic N) is 1. The van der Waals surface area contributed by atoms with Crippen LogP contribution in [0.1, 0.15) is 30.1 Å². The lowest BCUT2D eigenvalue weighted by molar-refractivity contribution is 0.0337. The fraction of sp³-hybridized carbons (Fsp3) is 0.600. The van der Waals surface area contributed by atoms with Gasteiger partial charge in [0.2, 0.25) is 5.89 Å². The van der Waals surface area contributed by atoms with Crippen LogP contribution in [0, 0.1) is 6.92 Å². The van der Waals surface area contributed by atoms with Gasteiger partial charge in [-0.2, -0.15) is 4.98 Å². The van der Waals surface area contributed by atoms with E-state index in [1.54, 1.807) is 6.92 Å². The lowest BCUT2D eigenvalue weighted by atomic mass is 10.1. The maximum Gasteiger partial charge on any atom is 0.240 e. The van der Waals surface area contributed by atoms with Crippen molar-refractivity contribution < 1.29 is 19.5 Å². The highest BCUT2D eigenvalue weighted by molar-refractivity contribution is 5.28. The summed E-state index contributed by atoms with van der Waals surface area (Å²) >= 11 is 0. The maximum absolute atomic E-state index is 10.2. The summed E-state index contributed by atoms with van der Waals surface area (Å²) in [5.74, 6) is 1.98. The topological polar surface area (TPSA) is 95.1 Å². The van der Waals surface area contributed by atoms with Crippen LogP contribution in [-0.2, 0) is 13.1 Å². The highest BCUT2D eigenvalue weighted by Crippen LogP contribution is 2.16. The lowest BCUT2D eigenvalue weighted by Crippen LogP contribution is -2.41. The molecule has 28 heavy (non-hydrogen) atoms. The standard InChI is InChI=1S/C20H30N4O4/c1-15-21-20(28-22-15)13-23(2)11-16-4-3-5-19(10-16)27-14-18(26)12-24-8-6-17(25)7-9-24/h3-5,10,17-18,25-26H,6-9,11-14H2,1-2H3. The van der Waals surface area contributed by atoms with Gasteiger partial charge in [0.25, 0.3) is 0 Å². The second-order valence-electron chi connectivity index (χ2n) is 7.55. The van der Waals surface area contributed by atoms with Gasteiger partial charge in [-0.05, 0) is 44.5 Å². The van der Waals surface area contributed by atoms with Crippen molar-refractivity contribution in [1.29, 1.82) is 0 Å². The van der Waals surface area contributed by atoms with Gasteiger partial charge in [-0.25, -0.2) is 0 Å². The second kappa shape index (κ2) is 9.97. The van der Waals surface area contributed by atoms with E-state index in [1.807, 2.05) is 31.3 Å². The number of nitrogens with zero attached hydrogens (tertiary/aromatic N) is 4. The van der Waals surface area contributed by atoms with Gasteiger partial charge >= 0.3 is 0 Å². The minimum Gasteiger partial charge on any atom is -0.491 e. The molecule has 3 rings (SSSR count). The summed E-state index contributed by atoms with van der Waals surface area (Å²) in [4.78, 5) is 8.48. The fourth-order valence-electron chi connectivity index (χ4n) is 3.38. The van der Waals surface area contributed by atoms with Crippen molar-refractivity contribution in [2.45, 2.75) is 45.1 Å². The Morgan fingerprint density at radius 2 is 2.11 bits per heavy atom. The summed E-state index contributed by atoms with van der Waals surface area (Å²) in [7, 11) is 1.99. The highest BCUT2D eigenvalue weighted by Gasteiger charge is 2.19. The third kappa shape index (κ3) is 6.56. The molecule has 1 aromatic carbocycles. The number of hydrogen-bond donors (Lipinski definition) is 2. The predicted octanol–water partition coefficient (Wildman–Crippen LogP) is 1.21. The summed E-state index contributed by atoms with van der Waals surface area (Å²) in [6.45, 7) is 5.56. The van der Waals surface area contributed by atoms with E-state index in [4.69, 9.17) is 9.26 Å². The van der Waals surface area contributed by atoms with Crippen molar-refractivity contribution >= 4 is 0 Å². The molecular formula is C20H30N4O4. The molecule has 0 amide bonds. The Labute approximate surface area is 165 Å². The number of aliphatic hydroxyl groups is 2. The van der Waals surface area contributed by atoms with Crippen molar-refractivity contribution in [3.63, 3.8) is 0 Å². The number of hydrogen-bond acceptors (Lipinski definition) is 8. The zero-order valence-corrected chi connectivity index (χ0v) is 16.6. The lowest BCUT2D eigenvalue weighted by Gasteiger charge is -2.30. The van der Waals surface area contributed by atoms with Crippen LogP contribution in [0.4, 0.5) is 0 Å². The minimum atomic E-state index is -0.553. The van der Waals surface area contributed by atoms with Gasteiger partial charge in [-0.1, -0.05) is 17.3 Å². The third-order valence-corrected chi connectivity index (χ3v) is 4.79. The second-order valence-corrected chi connectivity index (χ2v) is 7.55. The van der Waals surface area contributed by atoms with Gasteiger partial charge in [-0.15, -0.1) is 0 Å². The molecule has 0 spiro atoms. The number of aromatic nitrogens is 2. The molecule has 1 aromatic heterocycles. The molecule has 0 radical (unpaired) electrons. The molecule has 1 fully saturated rings. The first-order chi connectivity index (χ1) is 13.5. The Balaban J connectivity index is 1.43. The fourth-order valence-corrected chi connectivity index (χ4v) is 3.38. The molecule has 1 atom stereocenters. The number of aliphatic hydroxyl groups excluding tert-OH is 2. The molecule has 8 nitrogen and oxygen atoms in total. The molecule has 0 aliphatic carbocycles. The maximum atomic E-state index is 10.2. The average molecular weight is 390 g/mol. The van der Waals surface area contributed by atoms with Gasteiger partial charge in [0.15, 0.2) is 5.82 Å². The van der Waals surface area contributed by atoms with E-state index in [0.717, 1.165) is 43.8 Å². The van der Waals surface area contributed by atoms with Crippen LogP contribution in [0.5, 0.6) is 5.75 Å². The van der Waals surface area contributed by atoms with E-state index < -0.39 is 6.10 Å². The van der Waals surface area contributed by atoms with Crippen LogP contribution in [0.15, 0.2) is 28.8 Å². The zero-order chi connectivity index (χ0) is 19.9. The molecule has 1 saturated heterocycles. The summed E-state index contributed by atoms with van der Waals surface area (Å²) in [6.07, 6.45) is 0.787. The van der Waals surface area contributed by atoms with Gasteiger partial charge in [-0.3, -0.25) is 4.90 Å². The normalized spacial score (nSPS) is 17.2. The first kappa shape index (κ1) is 20.7. The van der Waals surface area contributed by atoms with Crippen molar-refractivity contribution in [2.24, 2.45) is 0 Å². The van der Waals surface area contributed by atoms with Crippen LogP contribution in [0.2, 0.25) is 0 Å². The molecule has 1 aliphatic rings. The number of piperidine rings is 1. The number of likely N-dealkylation sites (tertiary alicyclic amines) is 1. The molecular weight excluding hydrogens is 360 g/mol. The minimum absolute atomic E-state index is 0.200. The van der Waals surface area contributed by atoms with E-state index >= 15 is 0 Å². The zero-order valence-electron chi connectivity index (χ0n) is 16.6. The van der Waals surface area contributed by atoms with Crippen molar-refractivity contribution in [2.75, 3.05) is 33.3 Å². The van der Waals surface area contributed by atoms with E-state index in [-0.39, 0.29) is 12.7 Å². The van der Waals surface area contributed by atoms with Crippen molar-refractivity contribution in [3.05, 3.63) is 41.5 Å². The molecule has 8 heteroatoms. The predicted molar refractivity (Wildman–Crippen MR) is 104 cm³/mol. The number of benzene rings is 1.